The lowest BCUT2D eigenvalue weighted by atomic mass is 9.97. The maximum atomic E-state index is 12.8. The number of benzene rings is 1. The second-order valence-electron chi connectivity index (χ2n) is 9.92. The highest BCUT2D eigenvalue weighted by molar-refractivity contribution is 7.89. The Morgan fingerprint density at radius 2 is 1.88 bits per heavy atom. The van der Waals surface area contributed by atoms with Crippen LogP contribution in [0, 0.1) is 5.92 Å². The van der Waals surface area contributed by atoms with Crippen LogP contribution in [0.4, 0.5) is 4.79 Å². The Hall–Kier alpha value is -2.39. The molecule has 1 aliphatic heterocycles. The van der Waals surface area contributed by atoms with Gasteiger partial charge in [0.05, 0.1) is 4.90 Å². The third-order valence-corrected chi connectivity index (χ3v) is 7.04. The fourth-order valence-electron chi connectivity index (χ4n) is 3.81. The molecule has 1 N–H and O–H groups in total. The molecule has 9 heteroatoms. The third kappa shape index (κ3) is 8.43. The Kier molecular flexibility index (Phi) is 9.70. The minimum Gasteiger partial charge on any atom is -0.444 e. The normalized spacial score (nSPS) is 17.3. The summed E-state index contributed by atoms with van der Waals surface area (Å²) in [5.41, 5.74) is 0.187. The minimum atomic E-state index is -3.50. The third-order valence-electron chi connectivity index (χ3n) is 5.48. The summed E-state index contributed by atoms with van der Waals surface area (Å²) in [5, 5.41) is 0. The maximum absolute atomic E-state index is 12.8. The first-order chi connectivity index (χ1) is 15.8. The summed E-state index contributed by atoms with van der Waals surface area (Å²) < 4.78 is 32.1. The van der Waals surface area contributed by atoms with Gasteiger partial charge in [0.15, 0.2) is 0 Å². The first-order valence-corrected chi connectivity index (χ1v) is 13.4. The first kappa shape index (κ1) is 27.9. The van der Waals surface area contributed by atoms with Crippen LogP contribution in [-0.2, 0) is 19.6 Å². The number of nitrogens with one attached hydrogen (secondary N) is 1. The molecule has 1 aromatic rings. The standard InChI is InChI=1S/C25H39N3O5S/c1-7-26-34(31,32)22-13-10-20(11-14-22)12-15-23(29)27-16-8-9-21(17-27)18-28(19(2)3)24(30)33-25(4,5)6/h10-15,19,21,26H,7-9,16-18H2,1-6H3/b15-12+. The van der Waals surface area contributed by atoms with E-state index in [1.54, 1.807) is 30.0 Å². The summed E-state index contributed by atoms with van der Waals surface area (Å²) in [7, 11) is -3.50. The van der Waals surface area contributed by atoms with Gasteiger partial charge in [0.1, 0.15) is 5.60 Å². The molecule has 1 aliphatic rings. The zero-order chi connectivity index (χ0) is 25.5. The number of piperidine rings is 1. The van der Waals surface area contributed by atoms with Crippen molar-refractivity contribution in [2.75, 3.05) is 26.2 Å². The second-order valence-corrected chi connectivity index (χ2v) is 11.7. The number of hydrogen-bond acceptors (Lipinski definition) is 5. The Morgan fingerprint density at radius 3 is 2.44 bits per heavy atom. The van der Waals surface area contributed by atoms with E-state index in [2.05, 4.69) is 4.72 Å². The van der Waals surface area contributed by atoms with Gasteiger partial charge in [0, 0.05) is 38.3 Å². The van der Waals surface area contributed by atoms with Gasteiger partial charge < -0.3 is 14.5 Å². The molecule has 0 aromatic heterocycles. The number of carbonyl (C=O) groups excluding carboxylic acids is 2. The highest BCUT2D eigenvalue weighted by Crippen LogP contribution is 2.21. The molecule has 0 radical (unpaired) electrons. The number of carbonyl (C=O) groups is 2. The van der Waals surface area contributed by atoms with Gasteiger partial charge in [-0.1, -0.05) is 19.1 Å². The monoisotopic (exact) mass is 493 g/mol. The molecule has 190 valence electrons. The van der Waals surface area contributed by atoms with Crippen LogP contribution in [0.3, 0.4) is 0 Å². The van der Waals surface area contributed by atoms with E-state index in [0.29, 0.717) is 26.2 Å². The number of amides is 2. The van der Waals surface area contributed by atoms with Crippen molar-refractivity contribution in [3.63, 3.8) is 0 Å². The molecule has 1 atom stereocenters. The maximum Gasteiger partial charge on any atom is 0.410 e. The predicted octanol–water partition coefficient (Wildman–Crippen LogP) is 3.88. The van der Waals surface area contributed by atoms with Gasteiger partial charge >= 0.3 is 6.09 Å². The first-order valence-electron chi connectivity index (χ1n) is 11.9. The Morgan fingerprint density at radius 1 is 1.24 bits per heavy atom. The van der Waals surface area contributed by atoms with E-state index in [4.69, 9.17) is 4.74 Å². The van der Waals surface area contributed by atoms with E-state index < -0.39 is 15.6 Å². The van der Waals surface area contributed by atoms with E-state index in [0.717, 1.165) is 18.4 Å². The van der Waals surface area contributed by atoms with Crippen LogP contribution in [0.15, 0.2) is 35.2 Å². The molecule has 0 bridgehead atoms. The molecule has 1 heterocycles. The Balaban J connectivity index is 1.99. The van der Waals surface area contributed by atoms with E-state index in [1.807, 2.05) is 39.5 Å². The van der Waals surface area contributed by atoms with Crippen LogP contribution in [0.25, 0.3) is 6.08 Å². The smallest absolute Gasteiger partial charge is 0.410 e. The van der Waals surface area contributed by atoms with E-state index in [9.17, 15) is 18.0 Å². The topological polar surface area (TPSA) is 96.0 Å². The molecule has 1 aromatic carbocycles. The summed E-state index contributed by atoms with van der Waals surface area (Å²) in [6.45, 7) is 13.3. The van der Waals surface area contributed by atoms with Gasteiger partial charge in [-0.25, -0.2) is 17.9 Å². The van der Waals surface area contributed by atoms with Gasteiger partial charge in [-0.05, 0) is 77.2 Å². The fourth-order valence-corrected chi connectivity index (χ4v) is 4.85. The van der Waals surface area contributed by atoms with E-state index in [1.165, 1.54) is 18.2 Å². The van der Waals surface area contributed by atoms with Crippen LogP contribution in [0.5, 0.6) is 0 Å². The average molecular weight is 494 g/mol. The highest BCUT2D eigenvalue weighted by atomic mass is 32.2. The highest BCUT2D eigenvalue weighted by Gasteiger charge is 2.29. The van der Waals surface area contributed by atoms with Crippen LogP contribution < -0.4 is 4.72 Å². The predicted molar refractivity (Wildman–Crippen MR) is 134 cm³/mol. The number of likely N-dealkylation sites (tertiary alicyclic amines) is 1. The van der Waals surface area contributed by atoms with Gasteiger partial charge in [-0.15, -0.1) is 0 Å². The molecule has 0 saturated carbocycles. The van der Waals surface area contributed by atoms with Crippen molar-refractivity contribution in [2.45, 2.75) is 70.9 Å². The van der Waals surface area contributed by atoms with Crippen LogP contribution in [0.1, 0.15) is 59.9 Å². The number of hydrogen-bond donors (Lipinski definition) is 1. The van der Waals surface area contributed by atoms with Gasteiger partial charge in [-0.3, -0.25) is 4.79 Å². The van der Waals surface area contributed by atoms with Gasteiger partial charge in [0.2, 0.25) is 15.9 Å². The summed E-state index contributed by atoms with van der Waals surface area (Å²) in [5.74, 6) is 0.0824. The summed E-state index contributed by atoms with van der Waals surface area (Å²) in [4.78, 5) is 29.2. The van der Waals surface area contributed by atoms with Crippen molar-refractivity contribution in [3.8, 4) is 0 Å². The molecule has 8 nitrogen and oxygen atoms in total. The number of nitrogens with zero attached hydrogens (tertiary/aromatic N) is 2. The van der Waals surface area contributed by atoms with Crippen molar-refractivity contribution >= 4 is 28.1 Å². The SMILES string of the molecule is CCNS(=O)(=O)c1ccc(/C=C/C(=O)N2CCCC(CN(C(=O)OC(C)(C)C)C(C)C)C2)cc1. The van der Waals surface area contributed by atoms with Crippen LogP contribution in [-0.4, -0.2) is 68.0 Å². The van der Waals surface area contributed by atoms with E-state index >= 15 is 0 Å². The number of rotatable bonds is 8. The van der Waals surface area contributed by atoms with Gasteiger partial charge in [0.25, 0.3) is 0 Å². The average Bonchev–Trinajstić information content (AvgIpc) is 2.74. The van der Waals surface area contributed by atoms with Crippen molar-refractivity contribution in [1.82, 2.24) is 14.5 Å². The zero-order valence-electron chi connectivity index (χ0n) is 21.2. The Labute approximate surface area is 204 Å². The molecule has 2 rings (SSSR count). The van der Waals surface area contributed by atoms with Crippen LogP contribution >= 0.6 is 0 Å². The molecule has 0 spiro atoms. The van der Waals surface area contributed by atoms with Gasteiger partial charge in [-0.2, -0.15) is 0 Å². The quantitative estimate of drug-likeness (QED) is 0.555. The van der Waals surface area contributed by atoms with Crippen molar-refractivity contribution < 1.29 is 22.7 Å². The largest absolute Gasteiger partial charge is 0.444 e. The van der Waals surface area contributed by atoms with Crippen molar-refractivity contribution in [2.24, 2.45) is 5.92 Å². The molecule has 0 aliphatic carbocycles. The second kappa shape index (κ2) is 11.8. The van der Waals surface area contributed by atoms with Crippen LogP contribution in [0.2, 0.25) is 0 Å². The lowest BCUT2D eigenvalue weighted by molar-refractivity contribution is -0.127. The molecule has 1 unspecified atom stereocenters. The number of sulfonamides is 1. The molecular weight excluding hydrogens is 454 g/mol. The molecule has 2 amide bonds. The fraction of sp³-hybridized carbons (Fsp3) is 0.600. The molecule has 1 fully saturated rings. The number of ether oxygens (including phenoxy) is 1. The minimum absolute atomic E-state index is 0.000126. The molecular formula is C25H39N3O5S. The van der Waals surface area contributed by atoms with Crippen molar-refractivity contribution in [1.29, 1.82) is 0 Å². The molecule has 34 heavy (non-hydrogen) atoms. The summed E-state index contributed by atoms with van der Waals surface area (Å²) >= 11 is 0. The summed E-state index contributed by atoms with van der Waals surface area (Å²) in [6.07, 6.45) is 4.70. The summed E-state index contributed by atoms with van der Waals surface area (Å²) in [6, 6.07) is 6.40. The lowest BCUT2D eigenvalue weighted by Gasteiger charge is -2.37. The Bertz CT molecular complexity index is 965. The van der Waals surface area contributed by atoms with E-state index in [-0.39, 0.29) is 28.9 Å². The zero-order valence-corrected chi connectivity index (χ0v) is 22.0. The molecule has 1 saturated heterocycles. The lowest BCUT2D eigenvalue weighted by Crippen LogP contribution is -2.47. The van der Waals surface area contributed by atoms with Crippen molar-refractivity contribution in [3.05, 3.63) is 35.9 Å².